The number of halogens is 3. The van der Waals surface area contributed by atoms with Crippen LogP contribution in [-0.4, -0.2) is 12.0 Å². The Balaban J connectivity index is 2.00. The van der Waals surface area contributed by atoms with Gasteiger partial charge < -0.3 is 10.1 Å². The quantitative estimate of drug-likeness (QED) is 0.842. The van der Waals surface area contributed by atoms with Crippen molar-refractivity contribution in [2.75, 3.05) is 5.32 Å². The molecule has 110 valence electrons. The molecule has 0 fully saturated rings. The van der Waals surface area contributed by atoms with Gasteiger partial charge in [0.25, 0.3) is 5.91 Å². The van der Waals surface area contributed by atoms with Crippen LogP contribution in [0.15, 0.2) is 42.5 Å². The minimum Gasteiger partial charge on any atom is -0.481 e. The molecule has 1 amide bonds. The van der Waals surface area contributed by atoms with Crippen molar-refractivity contribution >= 4 is 46.4 Å². The first-order valence-electron chi connectivity index (χ1n) is 6.13. The standard InChI is InChI=1S/C15H12Cl3NO2/c1-9(21-14-4-2-10(16)3-5-14)15(20)19-13-7-11(17)6-12(18)8-13/h2-9H,1H3,(H,19,20)/t9-/m1/s1. The topological polar surface area (TPSA) is 38.3 Å². The van der Waals surface area contributed by atoms with Crippen molar-refractivity contribution in [2.45, 2.75) is 13.0 Å². The average Bonchev–Trinajstić information content (AvgIpc) is 2.40. The number of nitrogens with one attached hydrogen (secondary N) is 1. The smallest absolute Gasteiger partial charge is 0.265 e. The van der Waals surface area contributed by atoms with Crippen molar-refractivity contribution in [2.24, 2.45) is 0 Å². The van der Waals surface area contributed by atoms with E-state index >= 15 is 0 Å². The number of carbonyl (C=O) groups excluding carboxylic acids is 1. The molecule has 3 nitrogen and oxygen atoms in total. The molecule has 2 aromatic rings. The van der Waals surface area contributed by atoms with E-state index < -0.39 is 6.10 Å². The van der Waals surface area contributed by atoms with Gasteiger partial charge in [-0.1, -0.05) is 34.8 Å². The molecule has 0 heterocycles. The molecule has 2 rings (SSSR count). The van der Waals surface area contributed by atoms with Gasteiger partial charge in [0, 0.05) is 20.8 Å². The molecule has 21 heavy (non-hydrogen) atoms. The number of ether oxygens (including phenoxy) is 1. The average molecular weight is 345 g/mol. The second kappa shape index (κ2) is 7.03. The van der Waals surface area contributed by atoms with Gasteiger partial charge in [0.1, 0.15) is 5.75 Å². The van der Waals surface area contributed by atoms with E-state index in [1.165, 1.54) is 0 Å². The highest BCUT2D eigenvalue weighted by molar-refractivity contribution is 6.35. The lowest BCUT2D eigenvalue weighted by atomic mass is 10.3. The lowest BCUT2D eigenvalue weighted by Crippen LogP contribution is -2.30. The van der Waals surface area contributed by atoms with Gasteiger partial charge in [-0.05, 0) is 49.4 Å². The molecule has 0 aliphatic carbocycles. The Morgan fingerprint density at radius 3 is 2.14 bits per heavy atom. The SMILES string of the molecule is C[C@@H](Oc1ccc(Cl)cc1)C(=O)Nc1cc(Cl)cc(Cl)c1. The van der Waals surface area contributed by atoms with Crippen LogP contribution < -0.4 is 10.1 Å². The Morgan fingerprint density at radius 2 is 1.57 bits per heavy atom. The van der Waals surface area contributed by atoms with Crippen LogP contribution in [0.5, 0.6) is 5.75 Å². The van der Waals surface area contributed by atoms with Crippen molar-refractivity contribution < 1.29 is 9.53 Å². The number of amides is 1. The number of benzene rings is 2. The summed E-state index contributed by atoms with van der Waals surface area (Å²) in [6.07, 6.45) is -0.677. The maximum Gasteiger partial charge on any atom is 0.265 e. The second-order valence-electron chi connectivity index (χ2n) is 4.36. The predicted octanol–water partition coefficient (Wildman–Crippen LogP) is 5.05. The lowest BCUT2D eigenvalue weighted by Gasteiger charge is -2.15. The van der Waals surface area contributed by atoms with Crippen molar-refractivity contribution in [3.05, 3.63) is 57.5 Å². The van der Waals surface area contributed by atoms with E-state index in [1.807, 2.05) is 0 Å². The molecule has 1 atom stereocenters. The van der Waals surface area contributed by atoms with Crippen LogP contribution in [0.4, 0.5) is 5.69 Å². The molecular weight excluding hydrogens is 333 g/mol. The van der Waals surface area contributed by atoms with E-state index in [2.05, 4.69) is 5.32 Å². The fourth-order valence-electron chi connectivity index (χ4n) is 1.64. The van der Waals surface area contributed by atoms with Gasteiger partial charge in [0.05, 0.1) is 0 Å². The van der Waals surface area contributed by atoms with Crippen molar-refractivity contribution in [3.8, 4) is 5.75 Å². The minimum atomic E-state index is -0.677. The number of rotatable bonds is 4. The Bertz CT molecular complexity index is 624. The Kier molecular flexibility index (Phi) is 5.34. The highest BCUT2D eigenvalue weighted by atomic mass is 35.5. The number of hydrogen-bond acceptors (Lipinski definition) is 2. The van der Waals surface area contributed by atoms with Gasteiger partial charge >= 0.3 is 0 Å². The maximum absolute atomic E-state index is 12.1. The van der Waals surface area contributed by atoms with Crippen molar-refractivity contribution in [1.29, 1.82) is 0 Å². The van der Waals surface area contributed by atoms with Gasteiger partial charge in [-0.3, -0.25) is 4.79 Å². The molecule has 6 heteroatoms. The summed E-state index contributed by atoms with van der Waals surface area (Å²) in [5, 5.41) is 4.20. The van der Waals surface area contributed by atoms with Gasteiger partial charge in [0.2, 0.25) is 0 Å². The fourth-order valence-corrected chi connectivity index (χ4v) is 2.29. The molecular formula is C15H12Cl3NO2. The second-order valence-corrected chi connectivity index (χ2v) is 5.67. The van der Waals surface area contributed by atoms with Crippen LogP contribution in [-0.2, 0) is 4.79 Å². The summed E-state index contributed by atoms with van der Waals surface area (Å²) < 4.78 is 5.53. The monoisotopic (exact) mass is 343 g/mol. The Labute approximate surface area is 137 Å². The molecule has 0 aliphatic rings. The van der Waals surface area contributed by atoms with E-state index in [0.29, 0.717) is 26.5 Å². The molecule has 0 aliphatic heterocycles. The summed E-state index contributed by atoms with van der Waals surface area (Å²) in [6.45, 7) is 1.65. The largest absolute Gasteiger partial charge is 0.481 e. The molecule has 0 unspecified atom stereocenters. The van der Waals surface area contributed by atoms with E-state index in [4.69, 9.17) is 39.5 Å². The molecule has 0 aromatic heterocycles. The van der Waals surface area contributed by atoms with Gasteiger partial charge in [-0.25, -0.2) is 0 Å². The van der Waals surface area contributed by atoms with Crippen LogP contribution >= 0.6 is 34.8 Å². The summed E-state index contributed by atoms with van der Waals surface area (Å²) in [6, 6.07) is 11.6. The third kappa shape index (κ3) is 4.81. The molecule has 0 radical (unpaired) electrons. The third-order valence-corrected chi connectivity index (χ3v) is 3.31. The number of carbonyl (C=O) groups is 1. The lowest BCUT2D eigenvalue weighted by molar-refractivity contribution is -0.122. The predicted molar refractivity (Wildman–Crippen MR) is 86.6 cm³/mol. The third-order valence-electron chi connectivity index (χ3n) is 2.63. The molecule has 2 aromatic carbocycles. The Hall–Kier alpha value is -1.42. The van der Waals surface area contributed by atoms with Crippen LogP contribution in [0, 0.1) is 0 Å². The van der Waals surface area contributed by atoms with Crippen molar-refractivity contribution in [1.82, 2.24) is 0 Å². The zero-order valence-electron chi connectivity index (χ0n) is 11.1. The van der Waals surface area contributed by atoms with E-state index in [-0.39, 0.29) is 5.91 Å². The van der Waals surface area contributed by atoms with E-state index in [1.54, 1.807) is 49.4 Å². The number of hydrogen-bond donors (Lipinski definition) is 1. The summed E-state index contributed by atoms with van der Waals surface area (Å²) in [5.74, 6) is 0.259. The van der Waals surface area contributed by atoms with Crippen LogP contribution in [0.25, 0.3) is 0 Å². The molecule has 0 bridgehead atoms. The van der Waals surface area contributed by atoms with Crippen LogP contribution in [0.1, 0.15) is 6.92 Å². The first kappa shape index (κ1) is 16.0. The minimum absolute atomic E-state index is 0.303. The Morgan fingerprint density at radius 1 is 1.00 bits per heavy atom. The summed E-state index contributed by atoms with van der Waals surface area (Å²) >= 11 is 17.5. The maximum atomic E-state index is 12.1. The summed E-state index contributed by atoms with van der Waals surface area (Å²) in [5.41, 5.74) is 0.518. The zero-order chi connectivity index (χ0) is 15.4. The van der Waals surface area contributed by atoms with E-state index in [9.17, 15) is 4.79 Å². The molecule has 1 N–H and O–H groups in total. The van der Waals surface area contributed by atoms with Crippen LogP contribution in [0.3, 0.4) is 0 Å². The van der Waals surface area contributed by atoms with E-state index in [0.717, 1.165) is 0 Å². The molecule has 0 saturated carbocycles. The zero-order valence-corrected chi connectivity index (χ0v) is 13.3. The number of anilines is 1. The first-order chi connectivity index (χ1) is 9.94. The highest BCUT2D eigenvalue weighted by Crippen LogP contribution is 2.23. The van der Waals surface area contributed by atoms with Gasteiger partial charge in [0.15, 0.2) is 6.10 Å². The van der Waals surface area contributed by atoms with Gasteiger partial charge in [-0.2, -0.15) is 0 Å². The first-order valence-corrected chi connectivity index (χ1v) is 7.26. The molecule has 0 spiro atoms. The highest BCUT2D eigenvalue weighted by Gasteiger charge is 2.15. The van der Waals surface area contributed by atoms with Gasteiger partial charge in [-0.15, -0.1) is 0 Å². The molecule has 0 saturated heterocycles. The normalized spacial score (nSPS) is 11.8. The van der Waals surface area contributed by atoms with Crippen molar-refractivity contribution in [3.63, 3.8) is 0 Å². The summed E-state index contributed by atoms with van der Waals surface area (Å²) in [7, 11) is 0. The van der Waals surface area contributed by atoms with Crippen LogP contribution in [0.2, 0.25) is 15.1 Å². The fraction of sp³-hybridized carbons (Fsp3) is 0.133. The summed E-state index contributed by atoms with van der Waals surface area (Å²) in [4.78, 5) is 12.1.